The smallest absolute Gasteiger partial charge is 0.404 e. The molecule has 0 bridgehead atoms. The number of alkyl halides is 3. The highest BCUT2D eigenvalue weighted by Crippen LogP contribution is 2.56. The number of hydrogen-bond acceptors (Lipinski definition) is 3. The van der Waals surface area contributed by atoms with Gasteiger partial charge in [-0.2, -0.15) is 13.2 Å². The van der Waals surface area contributed by atoms with E-state index in [4.69, 9.17) is 39.5 Å². The number of hydrogen-bond donors (Lipinski definition) is 0. The summed E-state index contributed by atoms with van der Waals surface area (Å²) in [6.45, 7) is 6.06. The summed E-state index contributed by atoms with van der Waals surface area (Å²) in [5, 5.41) is -0.502. The van der Waals surface area contributed by atoms with E-state index in [2.05, 4.69) is 20.9 Å². The lowest BCUT2D eigenvalue weighted by Crippen LogP contribution is -2.53. The maximum absolute atomic E-state index is 15.3. The summed E-state index contributed by atoms with van der Waals surface area (Å²) in [7, 11) is 0. The van der Waals surface area contributed by atoms with Crippen molar-refractivity contribution in [2.45, 2.75) is 63.8 Å². The highest BCUT2D eigenvalue weighted by molar-refractivity contribution is 9.10. The molecule has 6 unspecified atom stereocenters. The summed E-state index contributed by atoms with van der Waals surface area (Å²) in [4.78, 5) is 18.2. The Morgan fingerprint density at radius 1 is 1.13 bits per heavy atom. The number of aliphatic imine (C=N–C) groups is 1. The number of carbonyl (C=O) groups excluding carboxylic acids is 1. The van der Waals surface area contributed by atoms with Gasteiger partial charge >= 0.3 is 12.1 Å². The number of esters is 1. The van der Waals surface area contributed by atoms with Gasteiger partial charge in [-0.05, 0) is 81.9 Å². The Morgan fingerprint density at radius 3 is 2.33 bits per heavy atom. The highest BCUT2D eigenvalue weighted by atomic mass is 79.9. The number of rotatable bonds is 5. The van der Waals surface area contributed by atoms with Gasteiger partial charge in [0.25, 0.3) is 0 Å². The van der Waals surface area contributed by atoms with Crippen LogP contribution in [0, 0.1) is 29.5 Å². The molecule has 2 aliphatic rings. The molecule has 0 saturated heterocycles. The maximum Gasteiger partial charge on any atom is 0.404 e. The zero-order valence-electron chi connectivity index (χ0n) is 21.3. The van der Waals surface area contributed by atoms with E-state index in [0.717, 1.165) is 37.3 Å². The Hall–Kier alpha value is -1.35. The van der Waals surface area contributed by atoms with Gasteiger partial charge in [-0.15, -0.1) is 0 Å². The zero-order chi connectivity index (χ0) is 28.9. The fourth-order valence-electron chi connectivity index (χ4n) is 5.84. The minimum Gasteiger partial charge on any atom is -0.462 e. The SMILES string of the molecule is CC1CCC(C(C)C)C(OC(=O)C2C(c3ccc(F)c(Br)c3)N=CC2(c2cc(Cl)c(Cl)c(Cl)c2)C(F)(F)F)C1. The van der Waals surface area contributed by atoms with Crippen LogP contribution in [0.5, 0.6) is 0 Å². The van der Waals surface area contributed by atoms with Gasteiger partial charge in [0.2, 0.25) is 0 Å². The van der Waals surface area contributed by atoms with E-state index < -0.39 is 41.4 Å². The van der Waals surface area contributed by atoms with Crippen molar-refractivity contribution >= 4 is 62.9 Å². The third-order valence-corrected chi connectivity index (χ3v) is 9.75. The standard InChI is InChI=1S/C28H27BrCl3F4NO2/c1-13(2)17-6-4-14(3)8-22(17)39-26(38)23-25(15-5-7-21(33)18(29)9-15)37-12-27(23,28(34,35)36)16-10-19(30)24(32)20(31)11-16/h5,7,9-14,17,22-23,25H,4,6,8H2,1-3H3. The van der Waals surface area contributed by atoms with E-state index in [1.54, 1.807) is 0 Å². The van der Waals surface area contributed by atoms with Gasteiger partial charge in [0, 0.05) is 6.21 Å². The van der Waals surface area contributed by atoms with E-state index in [0.29, 0.717) is 6.42 Å². The predicted octanol–water partition coefficient (Wildman–Crippen LogP) is 9.79. The molecule has 4 rings (SSSR count). The molecular formula is C28H27BrCl3F4NO2. The summed E-state index contributed by atoms with van der Waals surface area (Å²) in [6, 6.07) is 4.54. The molecule has 0 amide bonds. The van der Waals surface area contributed by atoms with Crippen molar-refractivity contribution < 1.29 is 27.1 Å². The van der Waals surface area contributed by atoms with Crippen molar-refractivity contribution in [1.82, 2.24) is 0 Å². The van der Waals surface area contributed by atoms with Crippen molar-refractivity contribution in [3.05, 3.63) is 66.8 Å². The number of benzene rings is 2. The average Bonchev–Trinajstić information content (AvgIpc) is 3.26. The number of halogens is 8. The third kappa shape index (κ3) is 5.73. The lowest BCUT2D eigenvalue weighted by Gasteiger charge is -2.40. The van der Waals surface area contributed by atoms with E-state index in [-0.39, 0.29) is 48.4 Å². The Bertz CT molecular complexity index is 1260. The van der Waals surface area contributed by atoms with Gasteiger partial charge in [0.15, 0.2) is 0 Å². The maximum atomic E-state index is 15.3. The lowest BCUT2D eigenvalue weighted by molar-refractivity contribution is -0.197. The highest BCUT2D eigenvalue weighted by Gasteiger charge is 2.67. The first kappa shape index (κ1) is 30.6. The van der Waals surface area contributed by atoms with Crippen LogP contribution in [0.3, 0.4) is 0 Å². The topological polar surface area (TPSA) is 38.7 Å². The summed E-state index contributed by atoms with van der Waals surface area (Å²) < 4.78 is 65.9. The average molecular weight is 672 g/mol. The molecule has 2 aromatic carbocycles. The van der Waals surface area contributed by atoms with Crippen LogP contribution in [0.1, 0.15) is 57.2 Å². The minimum absolute atomic E-state index is 0.00518. The van der Waals surface area contributed by atoms with E-state index >= 15 is 13.2 Å². The molecule has 39 heavy (non-hydrogen) atoms. The van der Waals surface area contributed by atoms with Crippen LogP contribution in [0.4, 0.5) is 17.6 Å². The number of carbonyl (C=O) groups is 1. The predicted molar refractivity (Wildman–Crippen MR) is 149 cm³/mol. The van der Waals surface area contributed by atoms with Crippen LogP contribution in [0.25, 0.3) is 0 Å². The van der Waals surface area contributed by atoms with Crippen LogP contribution in [0.2, 0.25) is 15.1 Å². The van der Waals surface area contributed by atoms with Crippen molar-refractivity contribution in [3.8, 4) is 0 Å². The molecule has 3 nitrogen and oxygen atoms in total. The van der Waals surface area contributed by atoms with Crippen LogP contribution < -0.4 is 0 Å². The minimum atomic E-state index is -5.01. The van der Waals surface area contributed by atoms with Crippen LogP contribution in [0.15, 0.2) is 39.8 Å². The van der Waals surface area contributed by atoms with Crippen molar-refractivity contribution in [1.29, 1.82) is 0 Å². The Kier molecular flexibility index (Phi) is 9.02. The summed E-state index contributed by atoms with van der Waals surface area (Å²) in [5.41, 5.74) is -3.10. The van der Waals surface area contributed by atoms with E-state index in [9.17, 15) is 9.18 Å². The Morgan fingerprint density at radius 2 is 1.77 bits per heavy atom. The van der Waals surface area contributed by atoms with Gasteiger partial charge in [-0.1, -0.05) is 68.1 Å². The number of ether oxygens (including phenoxy) is 1. The second-order valence-corrected chi connectivity index (χ2v) is 12.8. The molecule has 1 aliphatic heterocycles. The monoisotopic (exact) mass is 669 g/mol. The number of nitrogens with zero attached hydrogens (tertiary/aromatic N) is 1. The van der Waals surface area contributed by atoms with Gasteiger partial charge in [0.05, 0.1) is 25.6 Å². The summed E-state index contributed by atoms with van der Waals surface area (Å²) >= 11 is 21.5. The van der Waals surface area contributed by atoms with Gasteiger partial charge in [0.1, 0.15) is 23.3 Å². The molecule has 212 valence electrons. The quantitative estimate of drug-likeness (QED) is 0.180. The molecule has 0 aromatic heterocycles. The largest absolute Gasteiger partial charge is 0.462 e. The van der Waals surface area contributed by atoms with Gasteiger partial charge in [-0.25, -0.2) is 4.39 Å². The third-order valence-electron chi connectivity index (χ3n) is 7.94. The molecule has 11 heteroatoms. The normalized spacial score (nSPS) is 29.2. The van der Waals surface area contributed by atoms with Crippen molar-refractivity contribution in [2.75, 3.05) is 0 Å². The first-order valence-corrected chi connectivity index (χ1v) is 14.5. The molecular weight excluding hydrogens is 645 g/mol. The lowest BCUT2D eigenvalue weighted by atomic mass is 9.68. The van der Waals surface area contributed by atoms with Crippen molar-refractivity contribution in [3.63, 3.8) is 0 Å². The van der Waals surface area contributed by atoms with Crippen LogP contribution in [-0.4, -0.2) is 24.5 Å². The fourth-order valence-corrected chi connectivity index (χ4v) is 6.83. The van der Waals surface area contributed by atoms with Crippen molar-refractivity contribution in [2.24, 2.45) is 28.7 Å². The second kappa shape index (κ2) is 11.5. The summed E-state index contributed by atoms with van der Waals surface area (Å²) in [6.07, 6.45) is -2.54. The van der Waals surface area contributed by atoms with Crippen LogP contribution in [-0.2, 0) is 14.9 Å². The van der Waals surface area contributed by atoms with E-state index in [1.807, 2.05) is 20.8 Å². The first-order chi connectivity index (χ1) is 18.2. The van der Waals surface area contributed by atoms with Gasteiger partial charge < -0.3 is 4.74 Å². The molecule has 0 radical (unpaired) electrons. The molecule has 6 atom stereocenters. The Labute approximate surface area is 248 Å². The molecule has 0 N–H and O–H groups in total. The molecule has 1 heterocycles. The summed E-state index contributed by atoms with van der Waals surface area (Å²) in [5.74, 6) is -3.09. The van der Waals surface area contributed by atoms with Crippen LogP contribution >= 0.6 is 50.7 Å². The first-order valence-electron chi connectivity index (χ1n) is 12.6. The fraction of sp³-hybridized carbons (Fsp3) is 0.500. The van der Waals surface area contributed by atoms with Gasteiger partial charge in [-0.3, -0.25) is 9.79 Å². The zero-order valence-corrected chi connectivity index (χ0v) is 25.2. The molecule has 2 aromatic rings. The molecule has 1 fully saturated rings. The van der Waals surface area contributed by atoms with E-state index in [1.165, 1.54) is 12.1 Å². The molecule has 1 aliphatic carbocycles. The Balaban J connectivity index is 1.88. The second-order valence-electron chi connectivity index (χ2n) is 10.8. The molecule has 0 spiro atoms. The molecule has 1 saturated carbocycles.